The van der Waals surface area contributed by atoms with E-state index in [9.17, 15) is 0 Å². The van der Waals surface area contributed by atoms with E-state index < -0.39 is 0 Å². The third kappa shape index (κ3) is 2.84. The molecule has 2 aromatic heterocycles. The number of rotatable bonds is 5. The van der Waals surface area contributed by atoms with Gasteiger partial charge in [0.25, 0.3) is 0 Å². The monoisotopic (exact) mass is 291 g/mol. The molecule has 0 spiro atoms. The number of ether oxygens (including phenoxy) is 1. The molecule has 2 atom stereocenters. The van der Waals surface area contributed by atoms with Crippen LogP contribution in [0.3, 0.4) is 0 Å². The maximum Gasteiger partial charge on any atom is 0.244 e. The Morgan fingerprint density at radius 3 is 3.00 bits per heavy atom. The Balaban J connectivity index is 1.80. The van der Waals surface area contributed by atoms with E-state index in [1.54, 1.807) is 7.11 Å². The van der Waals surface area contributed by atoms with E-state index in [1.807, 2.05) is 17.8 Å². The summed E-state index contributed by atoms with van der Waals surface area (Å²) in [4.78, 5) is 6.71. The minimum absolute atomic E-state index is 0.108. The molecule has 1 saturated heterocycles. The smallest absolute Gasteiger partial charge is 0.244 e. The van der Waals surface area contributed by atoms with E-state index in [-0.39, 0.29) is 12.1 Å². The number of likely N-dealkylation sites (tertiary alicyclic amines) is 1. The first-order valence-electron chi connectivity index (χ1n) is 7.29. The second-order valence-corrected chi connectivity index (χ2v) is 5.36. The third-order valence-corrected chi connectivity index (χ3v) is 4.00. The minimum atomic E-state index is 0.108. The average molecular weight is 291 g/mol. The Labute approximate surface area is 123 Å². The highest BCUT2D eigenvalue weighted by Crippen LogP contribution is 2.33. The van der Waals surface area contributed by atoms with E-state index >= 15 is 0 Å². The molecule has 7 nitrogen and oxygen atoms in total. The summed E-state index contributed by atoms with van der Waals surface area (Å²) in [5.41, 5.74) is 1.19. The molecule has 0 amide bonds. The Morgan fingerprint density at radius 2 is 2.33 bits per heavy atom. The predicted molar refractivity (Wildman–Crippen MR) is 75.5 cm³/mol. The molecule has 0 saturated carbocycles. The van der Waals surface area contributed by atoms with Gasteiger partial charge in [-0.1, -0.05) is 5.16 Å². The summed E-state index contributed by atoms with van der Waals surface area (Å²) in [5.74, 6) is 1.35. The Hall–Kier alpha value is -1.73. The van der Waals surface area contributed by atoms with E-state index in [4.69, 9.17) is 9.26 Å². The fourth-order valence-corrected chi connectivity index (χ4v) is 2.90. The zero-order valence-electron chi connectivity index (χ0n) is 12.7. The summed E-state index contributed by atoms with van der Waals surface area (Å²) in [6.07, 6.45) is 2.91. The van der Waals surface area contributed by atoms with Gasteiger partial charge in [0.05, 0.1) is 17.8 Å². The summed E-state index contributed by atoms with van der Waals surface area (Å²) in [6.45, 7) is 6.47. The van der Waals surface area contributed by atoms with Gasteiger partial charge in [-0.3, -0.25) is 9.58 Å². The zero-order valence-corrected chi connectivity index (χ0v) is 12.7. The van der Waals surface area contributed by atoms with E-state index in [0.29, 0.717) is 11.7 Å². The van der Waals surface area contributed by atoms with Crippen molar-refractivity contribution in [2.75, 3.05) is 13.7 Å². The topological polar surface area (TPSA) is 69.2 Å². The molecule has 3 rings (SSSR count). The van der Waals surface area contributed by atoms with Crippen molar-refractivity contribution in [1.82, 2.24) is 24.8 Å². The van der Waals surface area contributed by atoms with Crippen molar-refractivity contribution in [3.63, 3.8) is 0 Å². The predicted octanol–water partition coefficient (Wildman–Crippen LogP) is 1.56. The SMILES string of the molecule is CCn1nccc1CN1C[C@@H](OC)C[C@@H]1c1nc(C)no1. The van der Waals surface area contributed by atoms with Crippen LogP contribution >= 0.6 is 0 Å². The molecule has 1 aliphatic heterocycles. The molecule has 0 N–H and O–H groups in total. The lowest BCUT2D eigenvalue weighted by Gasteiger charge is -2.21. The number of methoxy groups -OCH3 is 1. The van der Waals surface area contributed by atoms with Crippen molar-refractivity contribution in [2.24, 2.45) is 0 Å². The largest absolute Gasteiger partial charge is 0.380 e. The molecule has 1 aliphatic rings. The first kappa shape index (κ1) is 14.2. The lowest BCUT2D eigenvalue weighted by Crippen LogP contribution is -2.26. The van der Waals surface area contributed by atoms with Gasteiger partial charge in [0.15, 0.2) is 5.82 Å². The molecule has 21 heavy (non-hydrogen) atoms. The van der Waals surface area contributed by atoms with Gasteiger partial charge in [0.1, 0.15) is 0 Å². The van der Waals surface area contributed by atoms with Gasteiger partial charge < -0.3 is 9.26 Å². The van der Waals surface area contributed by atoms with Crippen LogP contribution < -0.4 is 0 Å². The number of nitrogens with zero attached hydrogens (tertiary/aromatic N) is 5. The van der Waals surface area contributed by atoms with Crippen LogP contribution in [0, 0.1) is 6.92 Å². The number of hydrogen-bond acceptors (Lipinski definition) is 6. The maximum atomic E-state index is 5.52. The Morgan fingerprint density at radius 1 is 1.48 bits per heavy atom. The molecule has 3 heterocycles. The highest BCUT2D eigenvalue weighted by molar-refractivity contribution is 5.05. The average Bonchev–Trinajstić information content (AvgIpc) is 3.18. The standard InChI is InChI=1S/C14H21N5O2/c1-4-19-11(5-6-15-19)8-18-9-12(20-3)7-13(18)14-16-10(2)17-21-14/h5-6,12-13H,4,7-9H2,1-3H3/t12-,13+/m0/s1. The molecule has 2 aromatic rings. The second-order valence-electron chi connectivity index (χ2n) is 5.36. The van der Waals surface area contributed by atoms with Crippen molar-refractivity contribution in [3.05, 3.63) is 29.7 Å². The molecule has 114 valence electrons. The van der Waals surface area contributed by atoms with Gasteiger partial charge in [-0.25, -0.2) is 0 Å². The highest BCUT2D eigenvalue weighted by atomic mass is 16.5. The molecule has 0 aromatic carbocycles. The molecule has 1 fully saturated rings. The van der Waals surface area contributed by atoms with Crippen molar-refractivity contribution < 1.29 is 9.26 Å². The van der Waals surface area contributed by atoms with Crippen molar-refractivity contribution in [2.45, 2.75) is 45.5 Å². The number of aromatic nitrogens is 4. The molecule has 7 heteroatoms. The molecule has 0 aliphatic carbocycles. The Bertz CT molecular complexity index is 594. The second kappa shape index (κ2) is 5.95. The first-order chi connectivity index (χ1) is 10.2. The van der Waals surface area contributed by atoms with Crippen LogP contribution in [-0.4, -0.2) is 44.6 Å². The summed E-state index contributed by atoms with van der Waals surface area (Å²) < 4.78 is 12.9. The van der Waals surface area contributed by atoms with Crippen LogP contribution in [0.15, 0.2) is 16.8 Å². The summed E-state index contributed by atoms with van der Waals surface area (Å²) >= 11 is 0. The highest BCUT2D eigenvalue weighted by Gasteiger charge is 2.37. The quantitative estimate of drug-likeness (QED) is 0.832. The number of hydrogen-bond donors (Lipinski definition) is 0. The lowest BCUT2D eigenvalue weighted by atomic mass is 10.2. The summed E-state index contributed by atoms with van der Waals surface area (Å²) in [7, 11) is 1.75. The lowest BCUT2D eigenvalue weighted by molar-refractivity contribution is 0.107. The van der Waals surface area contributed by atoms with Gasteiger partial charge >= 0.3 is 0 Å². The van der Waals surface area contributed by atoms with Gasteiger partial charge in [0, 0.05) is 32.9 Å². The zero-order chi connectivity index (χ0) is 14.8. The number of aryl methyl sites for hydroxylation is 2. The Kier molecular flexibility index (Phi) is 4.03. The van der Waals surface area contributed by atoms with E-state index in [1.165, 1.54) is 5.69 Å². The van der Waals surface area contributed by atoms with E-state index in [0.717, 1.165) is 26.1 Å². The van der Waals surface area contributed by atoms with Gasteiger partial charge in [0.2, 0.25) is 5.89 Å². The molecular formula is C14H21N5O2. The van der Waals surface area contributed by atoms with Gasteiger partial charge in [-0.2, -0.15) is 10.1 Å². The fourth-order valence-electron chi connectivity index (χ4n) is 2.90. The van der Waals surface area contributed by atoms with Crippen LogP contribution in [0.25, 0.3) is 0 Å². The van der Waals surface area contributed by atoms with Crippen molar-refractivity contribution >= 4 is 0 Å². The van der Waals surface area contributed by atoms with Crippen LogP contribution in [0.1, 0.15) is 36.8 Å². The third-order valence-electron chi connectivity index (χ3n) is 4.00. The van der Waals surface area contributed by atoms with Crippen LogP contribution in [0.2, 0.25) is 0 Å². The molecule has 0 bridgehead atoms. The summed E-state index contributed by atoms with van der Waals surface area (Å²) in [6, 6.07) is 2.16. The fraction of sp³-hybridized carbons (Fsp3) is 0.643. The van der Waals surface area contributed by atoms with Crippen LogP contribution in [-0.2, 0) is 17.8 Å². The van der Waals surface area contributed by atoms with Gasteiger partial charge in [-0.15, -0.1) is 0 Å². The molecular weight excluding hydrogens is 270 g/mol. The van der Waals surface area contributed by atoms with Crippen molar-refractivity contribution in [1.29, 1.82) is 0 Å². The summed E-state index contributed by atoms with van der Waals surface area (Å²) in [5, 5.41) is 8.23. The van der Waals surface area contributed by atoms with E-state index in [2.05, 4.69) is 33.1 Å². The minimum Gasteiger partial charge on any atom is -0.380 e. The van der Waals surface area contributed by atoms with Crippen LogP contribution in [0.5, 0.6) is 0 Å². The molecule has 0 unspecified atom stereocenters. The molecule has 0 radical (unpaired) electrons. The van der Waals surface area contributed by atoms with Crippen LogP contribution in [0.4, 0.5) is 0 Å². The van der Waals surface area contributed by atoms with Gasteiger partial charge in [-0.05, 0) is 26.3 Å². The first-order valence-corrected chi connectivity index (χ1v) is 7.29. The maximum absolute atomic E-state index is 5.52. The normalized spacial score (nSPS) is 23.0. The van der Waals surface area contributed by atoms with Crippen molar-refractivity contribution in [3.8, 4) is 0 Å².